The zero-order valence-electron chi connectivity index (χ0n) is 11.6. The van der Waals surface area contributed by atoms with Gasteiger partial charge in [0.15, 0.2) is 0 Å². The van der Waals surface area contributed by atoms with Gasteiger partial charge in [-0.1, -0.05) is 0 Å². The Balaban J connectivity index is 2.50. The largest absolute Gasteiger partial charge is 0.492 e. The first kappa shape index (κ1) is 15.3. The molecule has 106 valence electrons. The highest BCUT2D eigenvalue weighted by Crippen LogP contribution is 2.22. The first-order valence-corrected chi connectivity index (χ1v) is 6.57. The van der Waals surface area contributed by atoms with Crippen LogP contribution in [-0.2, 0) is 4.74 Å². The number of ether oxygens (including phenoxy) is 2. The molecular weight excluding hydrogens is 244 g/mol. The van der Waals surface area contributed by atoms with Crippen molar-refractivity contribution in [3.05, 3.63) is 23.8 Å². The van der Waals surface area contributed by atoms with Crippen LogP contribution in [0.4, 0.5) is 5.69 Å². The molecule has 1 rings (SSSR count). The van der Waals surface area contributed by atoms with Gasteiger partial charge in [-0.2, -0.15) is 0 Å². The van der Waals surface area contributed by atoms with E-state index in [1.807, 2.05) is 13.8 Å². The van der Waals surface area contributed by atoms with E-state index < -0.39 is 0 Å². The second kappa shape index (κ2) is 8.37. The summed E-state index contributed by atoms with van der Waals surface area (Å²) in [5.74, 6) is 0.418. The molecule has 5 nitrogen and oxygen atoms in total. The van der Waals surface area contributed by atoms with Crippen LogP contribution in [-0.4, -0.2) is 32.3 Å². The van der Waals surface area contributed by atoms with Crippen LogP contribution in [0.2, 0.25) is 0 Å². The highest BCUT2D eigenvalue weighted by molar-refractivity contribution is 5.95. The smallest absolute Gasteiger partial charge is 0.251 e. The van der Waals surface area contributed by atoms with Crippen LogP contribution in [0, 0.1) is 0 Å². The maximum absolute atomic E-state index is 11.9. The average molecular weight is 266 g/mol. The van der Waals surface area contributed by atoms with Gasteiger partial charge in [0.05, 0.1) is 12.3 Å². The summed E-state index contributed by atoms with van der Waals surface area (Å²) in [5.41, 5.74) is 6.84. The van der Waals surface area contributed by atoms with E-state index in [0.29, 0.717) is 43.4 Å². The van der Waals surface area contributed by atoms with Crippen molar-refractivity contribution in [1.82, 2.24) is 5.32 Å². The molecule has 19 heavy (non-hydrogen) atoms. The lowest BCUT2D eigenvalue weighted by molar-refractivity contribution is 0.0944. The van der Waals surface area contributed by atoms with Crippen LogP contribution in [0.15, 0.2) is 18.2 Å². The maximum atomic E-state index is 11.9. The predicted octanol–water partition coefficient (Wildman–Crippen LogP) is 1.82. The molecule has 1 aromatic rings. The molecule has 0 atom stereocenters. The monoisotopic (exact) mass is 266 g/mol. The van der Waals surface area contributed by atoms with Crippen molar-refractivity contribution < 1.29 is 14.3 Å². The second-order valence-electron chi connectivity index (χ2n) is 3.99. The molecule has 0 unspecified atom stereocenters. The normalized spacial score (nSPS) is 10.2. The maximum Gasteiger partial charge on any atom is 0.251 e. The molecule has 0 saturated carbocycles. The van der Waals surface area contributed by atoms with Crippen LogP contribution in [0.3, 0.4) is 0 Å². The van der Waals surface area contributed by atoms with Gasteiger partial charge in [-0.15, -0.1) is 0 Å². The number of carbonyl (C=O) groups is 1. The minimum atomic E-state index is -0.127. The Kier molecular flexibility index (Phi) is 6.74. The van der Waals surface area contributed by atoms with Gasteiger partial charge in [0.2, 0.25) is 0 Å². The summed E-state index contributed by atoms with van der Waals surface area (Å²) in [4.78, 5) is 11.9. The van der Waals surface area contributed by atoms with Crippen molar-refractivity contribution in [3.63, 3.8) is 0 Å². The van der Waals surface area contributed by atoms with Gasteiger partial charge in [0.1, 0.15) is 5.75 Å². The fraction of sp³-hybridized carbons (Fsp3) is 0.500. The lowest BCUT2D eigenvalue weighted by Crippen LogP contribution is -2.25. The third-order valence-electron chi connectivity index (χ3n) is 2.53. The number of nitrogens with one attached hydrogen (secondary N) is 1. The van der Waals surface area contributed by atoms with E-state index in [4.69, 9.17) is 15.2 Å². The lowest BCUT2D eigenvalue weighted by Gasteiger charge is -2.09. The third kappa shape index (κ3) is 5.18. The SMILES string of the molecule is CCOCCCNC(=O)c1ccc(N)c(OCC)c1. The number of amides is 1. The minimum Gasteiger partial charge on any atom is -0.492 e. The Morgan fingerprint density at radius 3 is 2.79 bits per heavy atom. The van der Waals surface area contributed by atoms with Crippen molar-refractivity contribution >= 4 is 11.6 Å². The Morgan fingerprint density at radius 1 is 1.32 bits per heavy atom. The van der Waals surface area contributed by atoms with E-state index in [1.165, 1.54) is 0 Å². The highest BCUT2D eigenvalue weighted by Gasteiger charge is 2.08. The Bertz CT molecular complexity index is 408. The molecule has 3 N–H and O–H groups in total. The van der Waals surface area contributed by atoms with Crippen molar-refractivity contribution in [2.24, 2.45) is 0 Å². The van der Waals surface area contributed by atoms with E-state index in [0.717, 1.165) is 6.42 Å². The van der Waals surface area contributed by atoms with E-state index in [2.05, 4.69) is 5.32 Å². The molecule has 5 heteroatoms. The Hall–Kier alpha value is -1.75. The van der Waals surface area contributed by atoms with E-state index in [1.54, 1.807) is 18.2 Å². The van der Waals surface area contributed by atoms with Crippen molar-refractivity contribution in [1.29, 1.82) is 0 Å². The molecule has 0 aliphatic heterocycles. The number of hydrogen-bond donors (Lipinski definition) is 2. The van der Waals surface area contributed by atoms with Gasteiger partial charge in [0.25, 0.3) is 5.91 Å². The summed E-state index contributed by atoms with van der Waals surface area (Å²) < 4.78 is 10.6. The first-order valence-electron chi connectivity index (χ1n) is 6.57. The van der Waals surface area contributed by atoms with E-state index in [-0.39, 0.29) is 5.91 Å². The van der Waals surface area contributed by atoms with Crippen LogP contribution in [0.5, 0.6) is 5.75 Å². The molecule has 0 radical (unpaired) electrons. The standard InChI is InChI=1S/C14H22N2O3/c1-3-18-9-5-8-16-14(17)11-6-7-12(15)13(10-11)19-4-2/h6-7,10H,3-5,8-9,15H2,1-2H3,(H,16,17). The molecule has 1 amide bonds. The fourth-order valence-corrected chi connectivity index (χ4v) is 1.58. The molecule has 0 spiro atoms. The zero-order valence-corrected chi connectivity index (χ0v) is 11.6. The summed E-state index contributed by atoms with van der Waals surface area (Å²) in [6, 6.07) is 5.03. The molecule has 0 fully saturated rings. The quantitative estimate of drug-likeness (QED) is 0.556. The van der Waals surface area contributed by atoms with Crippen molar-refractivity contribution in [2.75, 3.05) is 32.1 Å². The molecule has 0 bridgehead atoms. The lowest BCUT2D eigenvalue weighted by atomic mass is 10.1. The number of benzene rings is 1. The zero-order chi connectivity index (χ0) is 14.1. The number of nitrogens with two attached hydrogens (primary N) is 1. The Morgan fingerprint density at radius 2 is 2.11 bits per heavy atom. The number of rotatable bonds is 8. The van der Waals surface area contributed by atoms with Gasteiger partial charge >= 0.3 is 0 Å². The fourth-order valence-electron chi connectivity index (χ4n) is 1.58. The molecule has 1 aromatic carbocycles. The second-order valence-corrected chi connectivity index (χ2v) is 3.99. The topological polar surface area (TPSA) is 73.6 Å². The summed E-state index contributed by atoms with van der Waals surface area (Å²) in [5, 5.41) is 2.83. The van der Waals surface area contributed by atoms with Crippen LogP contribution in [0.25, 0.3) is 0 Å². The predicted molar refractivity (Wildman–Crippen MR) is 75.5 cm³/mol. The van der Waals surface area contributed by atoms with E-state index in [9.17, 15) is 4.79 Å². The van der Waals surface area contributed by atoms with Crippen molar-refractivity contribution in [2.45, 2.75) is 20.3 Å². The van der Waals surface area contributed by atoms with Gasteiger partial charge in [0, 0.05) is 25.3 Å². The molecule has 0 heterocycles. The minimum absolute atomic E-state index is 0.127. The summed E-state index contributed by atoms with van der Waals surface area (Å²) >= 11 is 0. The summed E-state index contributed by atoms with van der Waals surface area (Å²) in [7, 11) is 0. The number of hydrogen-bond acceptors (Lipinski definition) is 4. The number of nitrogen functional groups attached to an aromatic ring is 1. The number of carbonyl (C=O) groups excluding carboxylic acids is 1. The molecule has 0 aromatic heterocycles. The molecule has 0 saturated heterocycles. The van der Waals surface area contributed by atoms with Crippen LogP contribution in [0.1, 0.15) is 30.6 Å². The summed E-state index contributed by atoms with van der Waals surface area (Å²) in [6.07, 6.45) is 0.798. The third-order valence-corrected chi connectivity index (χ3v) is 2.53. The van der Waals surface area contributed by atoms with Gasteiger partial charge in [-0.25, -0.2) is 0 Å². The molecular formula is C14H22N2O3. The highest BCUT2D eigenvalue weighted by atomic mass is 16.5. The van der Waals surface area contributed by atoms with Gasteiger partial charge < -0.3 is 20.5 Å². The van der Waals surface area contributed by atoms with E-state index >= 15 is 0 Å². The van der Waals surface area contributed by atoms with Crippen molar-refractivity contribution in [3.8, 4) is 5.75 Å². The first-order chi connectivity index (χ1) is 9.19. The molecule has 0 aliphatic rings. The Labute approximate surface area is 114 Å². The van der Waals surface area contributed by atoms with Gasteiger partial charge in [-0.05, 0) is 38.5 Å². The van der Waals surface area contributed by atoms with Crippen LogP contribution >= 0.6 is 0 Å². The van der Waals surface area contributed by atoms with Crippen LogP contribution < -0.4 is 15.8 Å². The molecule has 0 aliphatic carbocycles. The number of anilines is 1. The van der Waals surface area contributed by atoms with Gasteiger partial charge in [-0.3, -0.25) is 4.79 Å². The average Bonchev–Trinajstić information content (AvgIpc) is 2.41. The summed E-state index contributed by atoms with van der Waals surface area (Å²) in [6.45, 7) is 6.28.